The quantitative estimate of drug-likeness (QED) is 0.729. The number of hydrogen-bond donors (Lipinski definition) is 0. The van der Waals surface area contributed by atoms with E-state index in [1.165, 1.54) is 0 Å². The minimum atomic E-state index is 0.0350. The Balaban J connectivity index is 1.30. The maximum Gasteiger partial charge on any atom is 0.324 e. The zero-order valence-corrected chi connectivity index (χ0v) is 15.2. The minimum absolute atomic E-state index is 0.0350. The highest BCUT2D eigenvalue weighted by molar-refractivity contribution is 5.93. The van der Waals surface area contributed by atoms with Crippen molar-refractivity contribution in [3.8, 4) is 0 Å². The number of amides is 3. The summed E-state index contributed by atoms with van der Waals surface area (Å²) in [6.45, 7) is 6.57. The highest BCUT2D eigenvalue weighted by Gasteiger charge is 2.30. The normalized spacial score (nSPS) is 25.0. The Hall–Kier alpha value is -2.13. The van der Waals surface area contributed by atoms with E-state index in [2.05, 4.69) is 10.00 Å². The molecule has 9 heteroatoms. The van der Waals surface area contributed by atoms with Crippen LogP contribution in [0.1, 0.15) is 12.5 Å². The van der Waals surface area contributed by atoms with Crippen molar-refractivity contribution in [3.05, 3.63) is 12.4 Å². The summed E-state index contributed by atoms with van der Waals surface area (Å²) in [6.07, 6.45) is 4.80. The lowest BCUT2D eigenvalue weighted by atomic mass is 10.3. The molecule has 1 aromatic rings. The predicted octanol–water partition coefficient (Wildman–Crippen LogP) is -0.139. The van der Waals surface area contributed by atoms with E-state index < -0.39 is 0 Å². The number of likely N-dealkylation sites (tertiary alicyclic amines) is 1. The summed E-state index contributed by atoms with van der Waals surface area (Å²) in [5.74, 6) is 0.0870. The van der Waals surface area contributed by atoms with Gasteiger partial charge in [0.25, 0.3) is 0 Å². The molecule has 4 heterocycles. The molecule has 0 N–H and O–H groups in total. The maximum absolute atomic E-state index is 12.1. The van der Waals surface area contributed by atoms with Gasteiger partial charge in [-0.2, -0.15) is 5.10 Å². The van der Waals surface area contributed by atoms with Crippen molar-refractivity contribution in [1.82, 2.24) is 24.5 Å². The molecule has 3 fully saturated rings. The van der Waals surface area contributed by atoms with E-state index in [4.69, 9.17) is 4.74 Å². The summed E-state index contributed by atoms with van der Waals surface area (Å²) in [5.41, 5.74) is 0.872. The number of nitrogens with zero attached hydrogens (tertiary/aromatic N) is 6. The van der Waals surface area contributed by atoms with Gasteiger partial charge in [-0.1, -0.05) is 0 Å². The lowest BCUT2D eigenvalue weighted by molar-refractivity contribution is -0.142. The van der Waals surface area contributed by atoms with E-state index >= 15 is 0 Å². The Labute approximate surface area is 153 Å². The molecular weight excluding hydrogens is 336 g/mol. The van der Waals surface area contributed by atoms with Gasteiger partial charge in [0.2, 0.25) is 5.91 Å². The van der Waals surface area contributed by atoms with Gasteiger partial charge in [-0.25, -0.2) is 4.79 Å². The zero-order valence-electron chi connectivity index (χ0n) is 15.2. The lowest BCUT2D eigenvalue weighted by Crippen LogP contribution is -2.45. The van der Waals surface area contributed by atoms with Gasteiger partial charge in [0, 0.05) is 59.1 Å². The summed E-state index contributed by atoms with van der Waals surface area (Å²) >= 11 is 0. The molecule has 0 spiro atoms. The second kappa shape index (κ2) is 7.24. The molecule has 1 aromatic heterocycles. The number of carbonyl (C=O) groups is 2. The number of anilines is 1. The first kappa shape index (κ1) is 17.3. The van der Waals surface area contributed by atoms with Gasteiger partial charge in [-0.05, 0) is 6.42 Å². The molecule has 3 amide bonds. The first-order valence-corrected chi connectivity index (χ1v) is 9.26. The average molecular weight is 362 g/mol. The van der Waals surface area contributed by atoms with Crippen LogP contribution in [0.3, 0.4) is 0 Å². The van der Waals surface area contributed by atoms with Crippen molar-refractivity contribution < 1.29 is 14.3 Å². The standard InChI is InChI=1S/C17H26N6O3/c1-19-4-7-22(17(19)25)15-10-18-23(12-15)14-2-3-20(11-14)5-6-21-8-9-26-13-16(21)24/h10,12,14H,2-9,11,13H2,1H3. The van der Waals surface area contributed by atoms with Crippen molar-refractivity contribution in [3.63, 3.8) is 0 Å². The fourth-order valence-electron chi connectivity index (χ4n) is 3.83. The van der Waals surface area contributed by atoms with E-state index in [9.17, 15) is 9.59 Å². The third-order valence-corrected chi connectivity index (χ3v) is 5.51. The zero-order chi connectivity index (χ0) is 18.1. The van der Waals surface area contributed by atoms with Crippen LogP contribution < -0.4 is 4.90 Å². The van der Waals surface area contributed by atoms with Crippen molar-refractivity contribution in [1.29, 1.82) is 0 Å². The lowest BCUT2D eigenvalue weighted by Gasteiger charge is -2.28. The van der Waals surface area contributed by atoms with Crippen molar-refractivity contribution >= 4 is 17.6 Å². The Morgan fingerprint density at radius 1 is 1.19 bits per heavy atom. The smallest absolute Gasteiger partial charge is 0.324 e. The van der Waals surface area contributed by atoms with E-state index in [-0.39, 0.29) is 18.5 Å². The van der Waals surface area contributed by atoms with Crippen molar-refractivity contribution in [2.45, 2.75) is 12.5 Å². The second-order valence-electron chi connectivity index (χ2n) is 7.21. The average Bonchev–Trinajstić information content (AvgIpc) is 3.36. The molecule has 0 radical (unpaired) electrons. The molecule has 0 saturated carbocycles. The van der Waals surface area contributed by atoms with E-state index in [0.29, 0.717) is 25.7 Å². The molecule has 0 bridgehead atoms. The van der Waals surface area contributed by atoms with E-state index in [1.807, 2.05) is 22.8 Å². The Morgan fingerprint density at radius 3 is 2.85 bits per heavy atom. The van der Waals surface area contributed by atoms with Crippen LogP contribution in [0.4, 0.5) is 10.5 Å². The van der Waals surface area contributed by atoms with Crippen LogP contribution >= 0.6 is 0 Å². The Kier molecular flexibility index (Phi) is 4.82. The van der Waals surface area contributed by atoms with Crippen LogP contribution in [-0.2, 0) is 9.53 Å². The number of likely N-dealkylation sites (N-methyl/N-ethyl adjacent to an activating group) is 1. The first-order chi connectivity index (χ1) is 12.6. The first-order valence-electron chi connectivity index (χ1n) is 9.26. The van der Waals surface area contributed by atoms with Crippen LogP contribution in [0.5, 0.6) is 0 Å². The Bertz CT molecular complexity index is 677. The van der Waals surface area contributed by atoms with Gasteiger partial charge in [-0.15, -0.1) is 0 Å². The van der Waals surface area contributed by atoms with E-state index in [0.717, 1.165) is 44.8 Å². The van der Waals surface area contributed by atoms with Gasteiger partial charge in [0.1, 0.15) is 6.61 Å². The summed E-state index contributed by atoms with van der Waals surface area (Å²) < 4.78 is 7.16. The van der Waals surface area contributed by atoms with Crippen molar-refractivity contribution in [2.24, 2.45) is 0 Å². The summed E-state index contributed by atoms with van der Waals surface area (Å²) in [4.78, 5) is 31.7. The van der Waals surface area contributed by atoms with E-state index in [1.54, 1.807) is 16.0 Å². The van der Waals surface area contributed by atoms with Gasteiger partial charge < -0.3 is 14.5 Å². The predicted molar refractivity (Wildman–Crippen MR) is 95.1 cm³/mol. The Morgan fingerprint density at radius 2 is 2.08 bits per heavy atom. The molecule has 3 aliphatic heterocycles. The minimum Gasteiger partial charge on any atom is -0.370 e. The molecule has 1 atom stereocenters. The molecule has 0 aliphatic carbocycles. The second-order valence-corrected chi connectivity index (χ2v) is 7.21. The maximum atomic E-state index is 12.1. The van der Waals surface area contributed by atoms with Crippen LogP contribution in [0.2, 0.25) is 0 Å². The van der Waals surface area contributed by atoms with Crippen molar-refractivity contribution in [2.75, 3.05) is 71.0 Å². The summed E-state index contributed by atoms with van der Waals surface area (Å²) in [7, 11) is 1.82. The monoisotopic (exact) mass is 362 g/mol. The fraction of sp³-hybridized carbons (Fsp3) is 0.706. The topological polar surface area (TPSA) is 74.2 Å². The van der Waals surface area contributed by atoms with Crippen LogP contribution in [-0.4, -0.2) is 102 Å². The van der Waals surface area contributed by atoms with Crippen LogP contribution in [0.25, 0.3) is 0 Å². The number of urea groups is 1. The third kappa shape index (κ3) is 3.41. The number of ether oxygens (including phenoxy) is 1. The SMILES string of the molecule is CN1CCN(c2cnn(C3CCN(CCN4CCOCC4=O)C3)c2)C1=O. The molecular formula is C17H26N6O3. The molecule has 3 saturated heterocycles. The summed E-state index contributed by atoms with van der Waals surface area (Å²) in [5, 5.41) is 4.50. The number of carbonyl (C=O) groups excluding carboxylic acids is 2. The molecule has 0 aromatic carbocycles. The van der Waals surface area contributed by atoms with Crippen LogP contribution in [0.15, 0.2) is 12.4 Å². The number of rotatable bonds is 5. The van der Waals surface area contributed by atoms with Gasteiger partial charge in [0.05, 0.1) is 24.5 Å². The largest absolute Gasteiger partial charge is 0.370 e. The van der Waals surface area contributed by atoms with Gasteiger partial charge >= 0.3 is 6.03 Å². The van der Waals surface area contributed by atoms with Gasteiger partial charge in [0.15, 0.2) is 0 Å². The fourth-order valence-corrected chi connectivity index (χ4v) is 3.83. The highest BCUT2D eigenvalue weighted by Crippen LogP contribution is 2.25. The van der Waals surface area contributed by atoms with Gasteiger partial charge in [-0.3, -0.25) is 19.3 Å². The summed E-state index contributed by atoms with van der Waals surface area (Å²) in [6, 6.07) is 0.354. The molecule has 142 valence electrons. The molecule has 4 rings (SSSR count). The molecule has 1 unspecified atom stereocenters. The van der Waals surface area contributed by atoms with Crippen LogP contribution in [0, 0.1) is 0 Å². The molecule has 26 heavy (non-hydrogen) atoms. The molecule has 3 aliphatic rings. The number of morpholine rings is 1. The third-order valence-electron chi connectivity index (χ3n) is 5.51. The highest BCUT2D eigenvalue weighted by atomic mass is 16.5. The number of aromatic nitrogens is 2. The molecule has 9 nitrogen and oxygen atoms in total. The number of hydrogen-bond acceptors (Lipinski definition) is 5.